The number of anilines is 1. The Hall–Kier alpha value is -1.81. The number of ether oxygens (including phenoxy) is 1. The number of hydrogen-bond donors (Lipinski definition) is 0. The molecule has 126 valence electrons. The number of carbonyl (C=O) groups excluding carboxylic acids is 1. The quantitative estimate of drug-likeness (QED) is 0.727. The van der Waals surface area contributed by atoms with E-state index in [1.807, 2.05) is 49.9 Å². The van der Waals surface area contributed by atoms with Crippen LogP contribution in [0.15, 0.2) is 46.9 Å². The van der Waals surface area contributed by atoms with Crippen LogP contribution in [0.25, 0.3) is 0 Å². The Bertz CT molecular complexity index is 740. The van der Waals surface area contributed by atoms with E-state index in [4.69, 9.17) is 4.74 Å². The third-order valence-electron chi connectivity index (χ3n) is 4.27. The number of halogens is 1. The summed E-state index contributed by atoms with van der Waals surface area (Å²) in [6, 6.07) is 14.2. The van der Waals surface area contributed by atoms with Crippen LogP contribution in [0, 0.1) is 0 Å². The zero-order valence-corrected chi connectivity index (χ0v) is 15.8. The Morgan fingerprint density at radius 1 is 1.17 bits per heavy atom. The third-order valence-corrected chi connectivity index (χ3v) is 4.76. The minimum Gasteiger partial charge on any atom is -0.491 e. The van der Waals surface area contributed by atoms with Gasteiger partial charge in [-0.15, -0.1) is 0 Å². The van der Waals surface area contributed by atoms with Crippen LogP contribution in [0.3, 0.4) is 0 Å². The Labute approximate surface area is 151 Å². The van der Waals surface area contributed by atoms with E-state index in [2.05, 4.69) is 34.1 Å². The summed E-state index contributed by atoms with van der Waals surface area (Å²) < 4.78 is 6.70. The molecule has 0 saturated carbocycles. The highest BCUT2D eigenvalue weighted by Gasteiger charge is 2.36. The van der Waals surface area contributed by atoms with Crippen LogP contribution in [0.1, 0.15) is 37.8 Å². The molecule has 0 radical (unpaired) electrons. The highest BCUT2D eigenvalue weighted by atomic mass is 79.9. The number of fused-ring (bicyclic) bond motifs is 1. The van der Waals surface area contributed by atoms with Crippen LogP contribution in [0.4, 0.5) is 5.69 Å². The van der Waals surface area contributed by atoms with Crippen molar-refractivity contribution < 1.29 is 9.53 Å². The van der Waals surface area contributed by atoms with E-state index >= 15 is 0 Å². The molecule has 0 unspecified atom stereocenters. The number of rotatable bonds is 5. The van der Waals surface area contributed by atoms with Crippen LogP contribution in [-0.2, 0) is 11.2 Å². The SMILES string of the molecule is CCN1C(=O)[C@@H](Cc2ccc(OC(C)C)cc2)c2cc(Br)ccc21. The molecule has 1 amide bonds. The fourth-order valence-electron chi connectivity index (χ4n) is 3.23. The molecule has 0 saturated heterocycles. The molecule has 1 aliphatic heterocycles. The fourth-order valence-corrected chi connectivity index (χ4v) is 3.60. The van der Waals surface area contributed by atoms with E-state index in [1.165, 1.54) is 0 Å². The van der Waals surface area contributed by atoms with Gasteiger partial charge in [0.2, 0.25) is 5.91 Å². The summed E-state index contributed by atoms with van der Waals surface area (Å²) in [5.41, 5.74) is 3.29. The van der Waals surface area contributed by atoms with Crippen LogP contribution in [-0.4, -0.2) is 18.6 Å². The first-order valence-corrected chi connectivity index (χ1v) is 9.15. The topological polar surface area (TPSA) is 29.5 Å². The molecule has 1 heterocycles. The number of hydrogen-bond acceptors (Lipinski definition) is 2. The van der Waals surface area contributed by atoms with E-state index < -0.39 is 0 Å². The van der Waals surface area contributed by atoms with Gasteiger partial charge in [-0.2, -0.15) is 0 Å². The van der Waals surface area contributed by atoms with Gasteiger partial charge < -0.3 is 9.64 Å². The van der Waals surface area contributed by atoms with Gasteiger partial charge in [0.25, 0.3) is 0 Å². The maximum atomic E-state index is 12.8. The lowest BCUT2D eigenvalue weighted by molar-refractivity contribution is -0.119. The van der Waals surface area contributed by atoms with Crippen molar-refractivity contribution in [2.24, 2.45) is 0 Å². The first-order valence-electron chi connectivity index (χ1n) is 8.36. The third kappa shape index (κ3) is 3.34. The lowest BCUT2D eigenvalue weighted by Crippen LogP contribution is -2.29. The Balaban J connectivity index is 1.85. The number of nitrogens with zero attached hydrogens (tertiary/aromatic N) is 1. The molecule has 3 nitrogen and oxygen atoms in total. The zero-order chi connectivity index (χ0) is 17.3. The first-order chi connectivity index (χ1) is 11.5. The van der Waals surface area contributed by atoms with E-state index in [-0.39, 0.29) is 17.9 Å². The van der Waals surface area contributed by atoms with Crippen molar-refractivity contribution in [2.45, 2.75) is 39.2 Å². The highest BCUT2D eigenvalue weighted by Crippen LogP contribution is 2.40. The Kier molecular flexibility index (Phi) is 4.95. The molecule has 24 heavy (non-hydrogen) atoms. The van der Waals surface area contributed by atoms with Gasteiger partial charge in [0, 0.05) is 16.7 Å². The van der Waals surface area contributed by atoms with Gasteiger partial charge in [-0.25, -0.2) is 0 Å². The Morgan fingerprint density at radius 2 is 1.88 bits per heavy atom. The van der Waals surface area contributed by atoms with E-state index in [0.717, 1.165) is 27.0 Å². The first kappa shape index (κ1) is 17.0. The standard InChI is InChI=1S/C20H22BrNO2/c1-4-22-19-10-7-15(21)12-17(19)18(20(22)23)11-14-5-8-16(9-6-14)24-13(2)3/h5-10,12-13,18H,4,11H2,1-3H3/t18-/m0/s1. The minimum atomic E-state index is -0.116. The van der Waals surface area contributed by atoms with Crippen molar-refractivity contribution in [1.29, 1.82) is 0 Å². The second-order valence-corrected chi connectivity index (χ2v) is 7.27. The molecule has 2 aromatic rings. The monoisotopic (exact) mass is 387 g/mol. The lowest BCUT2D eigenvalue weighted by atomic mass is 9.93. The van der Waals surface area contributed by atoms with Gasteiger partial charge in [0.15, 0.2) is 0 Å². The number of benzene rings is 2. The summed E-state index contributed by atoms with van der Waals surface area (Å²) in [5, 5.41) is 0. The van der Waals surface area contributed by atoms with Crippen molar-refractivity contribution >= 4 is 27.5 Å². The number of amides is 1. The molecular weight excluding hydrogens is 366 g/mol. The van der Waals surface area contributed by atoms with E-state index in [9.17, 15) is 4.79 Å². The van der Waals surface area contributed by atoms with E-state index in [1.54, 1.807) is 0 Å². The molecule has 3 rings (SSSR count). The Morgan fingerprint density at radius 3 is 2.50 bits per heavy atom. The van der Waals surface area contributed by atoms with Crippen molar-refractivity contribution in [1.82, 2.24) is 0 Å². The largest absolute Gasteiger partial charge is 0.491 e. The van der Waals surface area contributed by atoms with Gasteiger partial charge in [-0.05, 0) is 68.7 Å². The molecule has 0 spiro atoms. The van der Waals surface area contributed by atoms with E-state index in [0.29, 0.717) is 13.0 Å². The summed E-state index contributed by atoms with van der Waals surface area (Å²) in [6.07, 6.45) is 0.871. The minimum absolute atomic E-state index is 0.116. The average Bonchev–Trinajstić information content (AvgIpc) is 2.80. The summed E-state index contributed by atoms with van der Waals surface area (Å²) in [7, 11) is 0. The van der Waals surface area contributed by atoms with Gasteiger partial charge in [0.05, 0.1) is 12.0 Å². The smallest absolute Gasteiger partial charge is 0.234 e. The normalized spacial score (nSPS) is 16.6. The van der Waals surface area contributed by atoms with Gasteiger partial charge >= 0.3 is 0 Å². The molecule has 0 N–H and O–H groups in total. The highest BCUT2D eigenvalue weighted by molar-refractivity contribution is 9.10. The fraction of sp³-hybridized carbons (Fsp3) is 0.350. The van der Waals surface area contributed by atoms with Crippen molar-refractivity contribution in [2.75, 3.05) is 11.4 Å². The van der Waals surface area contributed by atoms with Crippen LogP contribution < -0.4 is 9.64 Å². The van der Waals surface area contributed by atoms with Crippen LogP contribution in [0.5, 0.6) is 5.75 Å². The molecule has 0 fully saturated rings. The predicted molar refractivity (Wildman–Crippen MR) is 101 cm³/mol. The maximum absolute atomic E-state index is 12.8. The average molecular weight is 388 g/mol. The van der Waals surface area contributed by atoms with Gasteiger partial charge in [-0.3, -0.25) is 4.79 Å². The lowest BCUT2D eigenvalue weighted by Gasteiger charge is -2.15. The van der Waals surface area contributed by atoms with Crippen LogP contribution >= 0.6 is 15.9 Å². The van der Waals surface area contributed by atoms with Crippen molar-refractivity contribution in [3.63, 3.8) is 0 Å². The molecule has 0 bridgehead atoms. The molecule has 1 aliphatic rings. The number of carbonyl (C=O) groups is 1. The zero-order valence-electron chi connectivity index (χ0n) is 14.3. The maximum Gasteiger partial charge on any atom is 0.234 e. The second-order valence-electron chi connectivity index (χ2n) is 6.35. The summed E-state index contributed by atoms with van der Waals surface area (Å²) in [6.45, 7) is 6.74. The van der Waals surface area contributed by atoms with Crippen molar-refractivity contribution in [3.05, 3.63) is 58.1 Å². The molecule has 2 aromatic carbocycles. The molecule has 4 heteroatoms. The number of likely N-dealkylation sites (N-methyl/N-ethyl adjacent to an activating group) is 1. The second kappa shape index (κ2) is 6.98. The van der Waals surface area contributed by atoms with Crippen molar-refractivity contribution in [3.8, 4) is 5.75 Å². The molecule has 0 aromatic heterocycles. The molecule has 1 atom stereocenters. The summed E-state index contributed by atoms with van der Waals surface area (Å²) in [4.78, 5) is 14.7. The molecular formula is C20H22BrNO2. The summed E-state index contributed by atoms with van der Waals surface area (Å²) in [5.74, 6) is 0.937. The predicted octanol–water partition coefficient (Wildman–Crippen LogP) is 4.93. The van der Waals surface area contributed by atoms with Gasteiger partial charge in [-0.1, -0.05) is 28.1 Å². The molecule has 0 aliphatic carbocycles. The van der Waals surface area contributed by atoms with Gasteiger partial charge in [0.1, 0.15) is 5.75 Å². The summed E-state index contributed by atoms with van der Waals surface area (Å²) >= 11 is 3.53. The van der Waals surface area contributed by atoms with Crippen LogP contribution in [0.2, 0.25) is 0 Å².